The van der Waals surface area contributed by atoms with Gasteiger partial charge in [-0.15, -0.1) is 0 Å². The van der Waals surface area contributed by atoms with E-state index >= 15 is 0 Å². The molecule has 0 aliphatic carbocycles. The second-order valence-corrected chi connectivity index (χ2v) is 8.12. The standard InChI is InChI=1S/C14H13FN2O3S/c15-12-5-9(7-17-13(12)6-16)14(18)8-3-10-1-2-11(4-8)21(10,19)20/h5,7-8,10-11H,1-4H2. The summed E-state index contributed by atoms with van der Waals surface area (Å²) in [6.45, 7) is 0. The summed E-state index contributed by atoms with van der Waals surface area (Å²) in [5.41, 5.74) is -0.243. The first-order valence-corrected chi connectivity index (χ1v) is 8.37. The first kappa shape index (κ1) is 14.1. The van der Waals surface area contributed by atoms with Crippen LogP contribution in [0.1, 0.15) is 41.7 Å². The molecule has 1 aromatic heterocycles. The first-order chi connectivity index (χ1) is 9.93. The minimum Gasteiger partial charge on any atom is -0.294 e. The minimum atomic E-state index is -3.08. The fourth-order valence-electron chi connectivity index (χ4n) is 3.31. The number of fused-ring (bicyclic) bond motifs is 2. The topological polar surface area (TPSA) is 87.9 Å². The molecule has 2 aliphatic rings. The average Bonchev–Trinajstić information content (AvgIpc) is 2.66. The van der Waals surface area contributed by atoms with Gasteiger partial charge in [0.1, 0.15) is 6.07 Å². The molecule has 3 heterocycles. The van der Waals surface area contributed by atoms with Gasteiger partial charge in [-0.1, -0.05) is 0 Å². The van der Waals surface area contributed by atoms with Crippen LogP contribution in [0.4, 0.5) is 4.39 Å². The van der Waals surface area contributed by atoms with Crippen LogP contribution in [0.2, 0.25) is 0 Å². The van der Waals surface area contributed by atoms with Crippen LogP contribution in [-0.4, -0.2) is 29.7 Å². The Hall–Kier alpha value is -1.81. The van der Waals surface area contributed by atoms with Crippen molar-refractivity contribution in [2.45, 2.75) is 36.2 Å². The molecule has 2 aliphatic heterocycles. The predicted molar refractivity (Wildman–Crippen MR) is 71.7 cm³/mol. The maximum absolute atomic E-state index is 13.5. The number of nitriles is 1. The summed E-state index contributed by atoms with van der Waals surface area (Å²) >= 11 is 0. The van der Waals surface area contributed by atoms with Crippen molar-refractivity contribution < 1.29 is 17.6 Å². The van der Waals surface area contributed by atoms with Crippen LogP contribution in [0.3, 0.4) is 0 Å². The zero-order chi connectivity index (χ0) is 15.2. The van der Waals surface area contributed by atoms with Gasteiger partial charge in [0, 0.05) is 17.7 Å². The smallest absolute Gasteiger partial charge is 0.176 e. The highest BCUT2D eigenvalue weighted by Crippen LogP contribution is 2.42. The highest BCUT2D eigenvalue weighted by atomic mass is 32.2. The minimum absolute atomic E-state index is 0.107. The summed E-state index contributed by atoms with van der Waals surface area (Å²) in [7, 11) is -3.08. The van der Waals surface area contributed by atoms with Gasteiger partial charge in [0.15, 0.2) is 27.1 Å². The summed E-state index contributed by atoms with van der Waals surface area (Å²) < 4.78 is 37.5. The van der Waals surface area contributed by atoms with Crippen LogP contribution in [0, 0.1) is 23.1 Å². The van der Waals surface area contributed by atoms with Crippen molar-refractivity contribution in [1.29, 1.82) is 5.26 Å². The van der Waals surface area contributed by atoms with E-state index in [0.717, 1.165) is 6.07 Å². The number of Topliss-reactive ketones (excluding diaryl/α,β-unsaturated/α-hetero) is 1. The largest absolute Gasteiger partial charge is 0.294 e. The van der Waals surface area contributed by atoms with Crippen LogP contribution in [0.25, 0.3) is 0 Å². The van der Waals surface area contributed by atoms with E-state index in [4.69, 9.17) is 5.26 Å². The third kappa shape index (κ3) is 2.23. The second-order valence-electron chi connectivity index (χ2n) is 5.61. The van der Waals surface area contributed by atoms with E-state index in [1.54, 1.807) is 6.07 Å². The third-order valence-electron chi connectivity index (χ3n) is 4.44. The van der Waals surface area contributed by atoms with Gasteiger partial charge in [-0.3, -0.25) is 4.79 Å². The molecule has 0 spiro atoms. The molecule has 2 unspecified atom stereocenters. The SMILES string of the molecule is N#Cc1ncc(C(=O)C2CC3CCC(C2)S3(=O)=O)cc1F. The number of hydrogen-bond donors (Lipinski definition) is 0. The number of nitrogens with zero attached hydrogens (tertiary/aromatic N) is 2. The lowest BCUT2D eigenvalue weighted by molar-refractivity contribution is 0.0904. The van der Waals surface area contributed by atoms with Gasteiger partial charge in [-0.25, -0.2) is 17.8 Å². The van der Waals surface area contributed by atoms with Gasteiger partial charge in [-0.2, -0.15) is 5.26 Å². The van der Waals surface area contributed by atoms with Crippen molar-refractivity contribution in [3.8, 4) is 6.07 Å². The Balaban J connectivity index is 1.85. The van der Waals surface area contributed by atoms with Crippen molar-refractivity contribution in [3.05, 3.63) is 29.3 Å². The van der Waals surface area contributed by atoms with Crippen molar-refractivity contribution in [2.75, 3.05) is 0 Å². The molecule has 2 atom stereocenters. The number of halogens is 1. The second kappa shape index (κ2) is 4.88. The molecular formula is C14H13FN2O3S. The molecule has 1 aromatic rings. The molecule has 0 aromatic carbocycles. The first-order valence-electron chi connectivity index (χ1n) is 6.76. The van der Waals surface area contributed by atoms with Crippen LogP contribution < -0.4 is 0 Å². The number of rotatable bonds is 2. The van der Waals surface area contributed by atoms with Crippen molar-refractivity contribution in [2.24, 2.45) is 5.92 Å². The summed E-state index contributed by atoms with van der Waals surface area (Å²) in [5.74, 6) is -1.51. The lowest BCUT2D eigenvalue weighted by atomic mass is 9.91. The summed E-state index contributed by atoms with van der Waals surface area (Å²) in [5, 5.41) is 7.74. The van der Waals surface area contributed by atoms with Gasteiger partial charge in [-0.05, 0) is 31.7 Å². The van der Waals surface area contributed by atoms with Crippen LogP contribution in [0.15, 0.2) is 12.3 Å². The number of sulfone groups is 1. The number of ketones is 1. The molecule has 5 nitrogen and oxygen atoms in total. The highest BCUT2D eigenvalue weighted by Gasteiger charge is 2.48. The van der Waals surface area contributed by atoms with E-state index in [1.165, 1.54) is 6.20 Å². The van der Waals surface area contributed by atoms with Crippen LogP contribution >= 0.6 is 0 Å². The number of pyridine rings is 1. The third-order valence-corrected chi connectivity index (χ3v) is 7.15. The highest BCUT2D eigenvalue weighted by molar-refractivity contribution is 7.93. The molecule has 3 rings (SSSR count). The maximum Gasteiger partial charge on any atom is 0.176 e. The predicted octanol–water partition coefficient (Wildman–Crippen LogP) is 1.63. The van der Waals surface area contributed by atoms with E-state index in [-0.39, 0.29) is 17.0 Å². The Labute approximate surface area is 121 Å². The number of hydrogen-bond acceptors (Lipinski definition) is 5. The van der Waals surface area contributed by atoms with E-state index < -0.39 is 32.1 Å². The summed E-state index contributed by atoms with van der Waals surface area (Å²) in [6.07, 6.45) is 3.01. The molecule has 0 radical (unpaired) electrons. The molecule has 110 valence electrons. The fourth-order valence-corrected chi connectivity index (χ4v) is 5.79. The Kier molecular flexibility index (Phi) is 3.29. The van der Waals surface area contributed by atoms with Gasteiger partial charge in [0.2, 0.25) is 0 Å². The molecule has 0 saturated carbocycles. The lowest BCUT2D eigenvalue weighted by Gasteiger charge is -2.26. The van der Waals surface area contributed by atoms with E-state index in [9.17, 15) is 17.6 Å². The van der Waals surface area contributed by atoms with Crippen LogP contribution in [-0.2, 0) is 9.84 Å². The van der Waals surface area contributed by atoms with Crippen molar-refractivity contribution >= 4 is 15.6 Å². The van der Waals surface area contributed by atoms with Crippen molar-refractivity contribution in [1.82, 2.24) is 4.98 Å². The van der Waals surface area contributed by atoms with E-state index in [0.29, 0.717) is 25.7 Å². The molecule has 7 heteroatoms. The molecule has 2 saturated heterocycles. The lowest BCUT2D eigenvalue weighted by Crippen LogP contribution is -2.36. The molecular weight excluding hydrogens is 295 g/mol. The maximum atomic E-state index is 13.5. The fraction of sp³-hybridized carbons (Fsp3) is 0.500. The number of aromatic nitrogens is 1. The Morgan fingerprint density at radius 1 is 1.33 bits per heavy atom. The van der Waals surface area contributed by atoms with Crippen molar-refractivity contribution in [3.63, 3.8) is 0 Å². The van der Waals surface area contributed by atoms with E-state index in [2.05, 4.69) is 4.98 Å². The van der Waals surface area contributed by atoms with Gasteiger partial charge in [0.25, 0.3) is 0 Å². The quantitative estimate of drug-likeness (QED) is 0.775. The summed E-state index contributed by atoms with van der Waals surface area (Å²) in [4.78, 5) is 16.0. The zero-order valence-electron chi connectivity index (χ0n) is 11.1. The van der Waals surface area contributed by atoms with Gasteiger partial charge in [0.05, 0.1) is 10.5 Å². The zero-order valence-corrected chi connectivity index (χ0v) is 11.9. The molecule has 0 N–H and O–H groups in total. The van der Waals surface area contributed by atoms with Crippen LogP contribution in [0.5, 0.6) is 0 Å². The molecule has 21 heavy (non-hydrogen) atoms. The van der Waals surface area contributed by atoms with Gasteiger partial charge < -0.3 is 0 Å². The normalized spacial score (nSPS) is 29.8. The summed E-state index contributed by atoms with van der Waals surface area (Å²) in [6, 6.07) is 2.61. The Bertz CT molecular complexity index is 734. The number of carbonyl (C=O) groups excluding carboxylic acids is 1. The Morgan fingerprint density at radius 2 is 1.95 bits per heavy atom. The number of carbonyl (C=O) groups is 1. The Morgan fingerprint density at radius 3 is 2.48 bits per heavy atom. The van der Waals surface area contributed by atoms with Gasteiger partial charge >= 0.3 is 0 Å². The molecule has 2 fully saturated rings. The molecule has 2 bridgehead atoms. The van der Waals surface area contributed by atoms with E-state index in [1.807, 2.05) is 0 Å². The molecule has 0 amide bonds. The average molecular weight is 308 g/mol. The monoisotopic (exact) mass is 308 g/mol.